The maximum absolute atomic E-state index is 14.2. The molecule has 0 aromatic heterocycles. The number of nitrogens with one attached hydrogen (secondary N) is 5. The van der Waals surface area contributed by atoms with Crippen molar-refractivity contribution >= 4 is 59.2 Å². The number of carboxylic acids is 1. The molecule has 0 unspecified atom stereocenters. The number of carbonyl (C=O) groups is 9. The standard InChI is InChI=1S/C41H70N12O12/c1-21(2)18-26(48-33(57)24(42)20-54)37(61)52-16-8-12-28(52)39(63)53-17-9-13-29(53)38(62)51-15-7-11-27(51)35(59)46-19-30(56)49-32(23(5)55)36(60)47-25(10-6-14-45-41(43)44)34(58)50-31(22(3)4)40(64)65/h21-29,31-32,54-55H,6-20,42H2,1-5H3,(H,46,59)(H,47,60)(H,48,57)(H,49,56)(H,50,58)(H,64,65)(H4,43,44,45)/t23-,24+,25+,26+,27+,28+,29+,31+,32+/m1/s1. The third-order valence-corrected chi connectivity index (χ3v) is 11.6. The van der Waals surface area contributed by atoms with E-state index in [0.717, 1.165) is 0 Å². The summed E-state index contributed by atoms with van der Waals surface area (Å²) in [5, 5.41) is 41.7. The van der Waals surface area contributed by atoms with Gasteiger partial charge in [0.2, 0.25) is 47.3 Å². The normalized spacial score (nSPS) is 21.1. The number of nitrogens with zero attached hydrogens (tertiary/aromatic N) is 4. The van der Waals surface area contributed by atoms with Crippen molar-refractivity contribution in [3.63, 3.8) is 0 Å². The number of hydrogen-bond donors (Lipinski definition) is 11. The number of likely N-dealkylation sites (tertiary alicyclic amines) is 3. The molecule has 0 aromatic carbocycles. The predicted octanol–water partition coefficient (Wildman–Crippen LogP) is -4.44. The number of hydrogen-bond acceptors (Lipinski definition) is 13. The molecule has 3 heterocycles. The Morgan fingerprint density at radius 3 is 1.77 bits per heavy atom. The number of aliphatic hydroxyl groups excluding tert-OH is 2. The molecule has 3 saturated heterocycles. The van der Waals surface area contributed by atoms with Crippen LogP contribution in [0.25, 0.3) is 0 Å². The van der Waals surface area contributed by atoms with Gasteiger partial charge in [-0.15, -0.1) is 0 Å². The van der Waals surface area contributed by atoms with Gasteiger partial charge in [-0.1, -0.05) is 27.7 Å². The molecule has 24 nitrogen and oxygen atoms in total. The fourth-order valence-electron chi connectivity index (χ4n) is 8.23. The zero-order chi connectivity index (χ0) is 48.7. The smallest absolute Gasteiger partial charge is 0.326 e. The molecule has 0 aliphatic carbocycles. The minimum atomic E-state index is -1.61. The van der Waals surface area contributed by atoms with Crippen LogP contribution in [0.1, 0.15) is 92.4 Å². The lowest BCUT2D eigenvalue weighted by Gasteiger charge is -2.35. The van der Waals surface area contributed by atoms with Crippen LogP contribution in [0, 0.1) is 11.8 Å². The number of rotatable bonds is 23. The fraction of sp³-hybridized carbons (Fsp3) is 0.756. The van der Waals surface area contributed by atoms with Crippen molar-refractivity contribution in [1.29, 1.82) is 0 Å². The highest BCUT2D eigenvalue weighted by Crippen LogP contribution is 2.29. The maximum atomic E-state index is 14.2. The van der Waals surface area contributed by atoms with Gasteiger partial charge in [0.15, 0.2) is 5.96 Å². The SMILES string of the molecule is CC(C)C[C@H](NC(=O)[C@@H](N)CO)C(=O)N1CCC[C@H]1C(=O)N1CCC[C@H]1C(=O)N1CCC[C@H]1C(=O)NCC(=O)N[C@H](C(=O)N[C@@H](CCCN=C(N)N)C(=O)N[C@H](C(=O)O)C(C)C)[C@@H](C)O. The van der Waals surface area contributed by atoms with Gasteiger partial charge in [0.1, 0.15) is 48.3 Å². The highest BCUT2D eigenvalue weighted by Gasteiger charge is 2.46. The summed E-state index contributed by atoms with van der Waals surface area (Å²) >= 11 is 0. The second-order valence-electron chi connectivity index (χ2n) is 17.6. The van der Waals surface area contributed by atoms with Crippen LogP contribution >= 0.6 is 0 Å². The quantitative estimate of drug-likeness (QED) is 0.0262. The Kier molecular flexibility index (Phi) is 20.8. The number of amides is 8. The molecule has 0 aromatic rings. The Bertz CT molecular complexity index is 1760. The first-order valence-electron chi connectivity index (χ1n) is 22.3. The van der Waals surface area contributed by atoms with Crippen LogP contribution in [0.3, 0.4) is 0 Å². The van der Waals surface area contributed by atoms with Crippen molar-refractivity contribution in [2.24, 2.45) is 34.0 Å². The second-order valence-corrected chi connectivity index (χ2v) is 17.6. The fourth-order valence-corrected chi connectivity index (χ4v) is 8.23. The minimum Gasteiger partial charge on any atom is -0.480 e. The number of aliphatic imine (C=N–C) groups is 1. The first-order valence-corrected chi connectivity index (χ1v) is 22.3. The van der Waals surface area contributed by atoms with E-state index in [0.29, 0.717) is 32.1 Å². The van der Waals surface area contributed by atoms with Crippen LogP contribution in [-0.2, 0) is 43.2 Å². The van der Waals surface area contributed by atoms with Crippen LogP contribution in [-0.4, -0.2) is 183 Å². The summed E-state index contributed by atoms with van der Waals surface area (Å²) in [6, 6.07) is -9.20. The van der Waals surface area contributed by atoms with Crippen LogP contribution in [0.2, 0.25) is 0 Å². The van der Waals surface area contributed by atoms with Gasteiger partial charge in [0.25, 0.3) is 0 Å². The topological polar surface area (TPSA) is 375 Å². The van der Waals surface area contributed by atoms with E-state index >= 15 is 0 Å². The van der Waals surface area contributed by atoms with Gasteiger partial charge in [0.05, 0.1) is 19.3 Å². The van der Waals surface area contributed by atoms with E-state index in [4.69, 9.17) is 17.2 Å². The molecule has 9 atom stereocenters. The summed E-state index contributed by atoms with van der Waals surface area (Å²) < 4.78 is 0. The van der Waals surface area contributed by atoms with Crippen molar-refractivity contribution in [3.05, 3.63) is 0 Å². The van der Waals surface area contributed by atoms with Gasteiger partial charge in [-0.25, -0.2) is 4.79 Å². The summed E-state index contributed by atoms with van der Waals surface area (Å²) in [7, 11) is 0. The van der Waals surface area contributed by atoms with Gasteiger partial charge in [-0.3, -0.25) is 43.3 Å². The summed E-state index contributed by atoms with van der Waals surface area (Å²) in [6.45, 7) is 7.67. The van der Waals surface area contributed by atoms with Gasteiger partial charge in [-0.2, -0.15) is 0 Å². The van der Waals surface area contributed by atoms with Gasteiger partial charge in [-0.05, 0) is 76.5 Å². The Morgan fingerprint density at radius 2 is 1.25 bits per heavy atom. The minimum absolute atomic E-state index is 0.00831. The van der Waals surface area contributed by atoms with E-state index in [9.17, 15) is 58.5 Å². The van der Waals surface area contributed by atoms with E-state index in [2.05, 4.69) is 31.6 Å². The summed E-state index contributed by atoms with van der Waals surface area (Å²) in [5.74, 6) is -7.39. The van der Waals surface area contributed by atoms with E-state index < -0.39 is 127 Å². The zero-order valence-electron chi connectivity index (χ0n) is 38.0. The molecular formula is C41H70N12O12. The average Bonchev–Trinajstić information content (AvgIpc) is 4.05. The van der Waals surface area contributed by atoms with E-state index in [1.165, 1.54) is 21.6 Å². The predicted molar refractivity (Wildman–Crippen MR) is 234 cm³/mol. The maximum Gasteiger partial charge on any atom is 0.326 e. The van der Waals surface area contributed by atoms with Crippen molar-refractivity contribution < 1.29 is 58.5 Å². The number of carbonyl (C=O) groups excluding carboxylic acids is 8. The van der Waals surface area contributed by atoms with E-state index in [1.807, 2.05) is 13.8 Å². The first-order chi connectivity index (χ1) is 30.6. The van der Waals surface area contributed by atoms with Crippen LogP contribution in [0.15, 0.2) is 4.99 Å². The lowest BCUT2D eigenvalue weighted by atomic mass is 10.0. The van der Waals surface area contributed by atoms with Gasteiger partial charge >= 0.3 is 5.97 Å². The number of nitrogens with two attached hydrogens (primary N) is 3. The van der Waals surface area contributed by atoms with E-state index in [1.54, 1.807) is 13.8 Å². The molecule has 8 amide bonds. The Balaban J connectivity index is 1.66. The number of aliphatic hydroxyl groups is 2. The molecule has 24 heteroatoms. The van der Waals surface area contributed by atoms with Gasteiger partial charge in [0, 0.05) is 26.2 Å². The Hall–Kier alpha value is -5.62. The first kappa shape index (κ1) is 53.7. The molecule has 0 bridgehead atoms. The Labute approximate surface area is 378 Å². The van der Waals surface area contributed by atoms with E-state index in [-0.39, 0.29) is 63.7 Å². The van der Waals surface area contributed by atoms with Crippen molar-refractivity contribution in [3.8, 4) is 0 Å². The third kappa shape index (κ3) is 15.2. The van der Waals surface area contributed by atoms with Crippen molar-refractivity contribution in [2.75, 3.05) is 39.3 Å². The largest absolute Gasteiger partial charge is 0.480 e. The molecule has 3 rings (SSSR count). The molecule has 0 radical (unpaired) electrons. The lowest BCUT2D eigenvalue weighted by Crippen LogP contribution is -2.59. The zero-order valence-corrected chi connectivity index (χ0v) is 38.0. The van der Waals surface area contributed by atoms with Crippen LogP contribution in [0.5, 0.6) is 0 Å². The molecule has 0 saturated carbocycles. The number of guanidine groups is 1. The average molecular weight is 923 g/mol. The van der Waals surface area contributed by atoms with Gasteiger partial charge < -0.3 is 73.8 Å². The summed E-state index contributed by atoms with van der Waals surface area (Å²) in [4.78, 5) is 128. The number of carboxylic acid groups (broad SMARTS) is 1. The van der Waals surface area contributed by atoms with Crippen LogP contribution < -0.4 is 43.8 Å². The molecule has 3 aliphatic heterocycles. The molecule has 366 valence electrons. The third-order valence-electron chi connectivity index (χ3n) is 11.6. The highest BCUT2D eigenvalue weighted by atomic mass is 16.4. The highest BCUT2D eigenvalue weighted by molar-refractivity contribution is 5.98. The second kappa shape index (κ2) is 25.2. The van der Waals surface area contributed by atoms with Crippen molar-refractivity contribution in [2.45, 2.75) is 147 Å². The monoisotopic (exact) mass is 923 g/mol. The number of aliphatic carboxylic acids is 1. The molecular weight excluding hydrogens is 853 g/mol. The molecule has 0 spiro atoms. The molecule has 14 N–H and O–H groups in total. The van der Waals surface area contributed by atoms with Crippen LogP contribution in [0.4, 0.5) is 0 Å². The molecule has 3 aliphatic rings. The van der Waals surface area contributed by atoms with Crippen molar-refractivity contribution in [1.82, 2.24) is 41.3 Å². The Morgan fingerprint density at radius 1 is 0.708 bits per heavy atom. The molecule has 3 fully saturated rings. The summed E-state index contributed by atoms with van der Waals surface area (Å²) in [6.07, 6.45) is 1.33. The lowest BCUT2D eigenvalue weighted by molar-refractivity contribution is -0.151. The summed E-state index contributed by atoms with van der Waals surface area (Å²) in [5.41, 5.74) is 16.4. The molecule has 65 heavy (non-hydrogen) atoms.